The molecule has 0 aliphatic carbocycles. The van der Waals surface area contributed by atoms with Crippen LogP contribution in [0.25, 0.3) is 11.1 Å². The van der Waals surface area contributed by atoms with E-state index >= 15 is 0 Å². The quantitative estimate of drug-likeness (QED) is 0.125. The number of nitrogens with zero attached hydrogens (tertiary/aromatic N) is 4. The Morgan fingerprint density at radius 3 is 2.22 bits per heavy atom. The summed E-state index contributed by atoms with van der Waals surface area (Å²) in [4.78, 5) is 29.3. The summed E-state index contributed by atoms with van der Waals surface area (Å²) in [5, 5.41) is 3.16. The van der Waals surface area contributed by atoms with Crippen LogP contribution < -0.4 is 16.0 Å². The number of hydrogen-bond acceptors (Lipinski definition) is 6. The molecule has 1 heterocycles. The van der Waals surface area contributed by atoms with Gasteiger partial charge in [0.1, 0.15) is 11.6 Å². The number of aromatic nitrogens is 2. The first-order valence-corrected chi connectivity index (χ1v) is 15.3. The molecular weight excluding hydrogens is 508 g/mol. The lowest BCUT2D eigenvalue weighted by atomic mass is 10.0. The lowest BCUT2D eigenvalue weighted by Crippen LogP contribution is -2.29. The van der Waals surface area contributed by atoms with Crippen LogP contribution in [-0.2, 0) is 6.42 Å². The van der Waals surface area contributed by atoms with Crippen molar-refractivity contribution in [3.63, 3.8) is 0 Å². The molecule has 1 atom stereocenters. The number of rotatable bonds is 18. The van der Waals surface area contributed by atoms with Gasteiger partial charge in [-0.15, -0.1) is 0 Å². The number of carbonyl (C=O) groups excluding carboxylic acids is 1. The zero-order valence-corrected chi connectivity index (χ0v) is 25.2. The van der Waals surface area contributed by atoms with Gasteiger partial charge in [-0.3, -0.25) is 9.79 Å². The molecular formula is C34H48N6O. The Balaban J connectivity index is 1.73. The fourth-order valence-electron chi connectivity index (χ4n) is 4.87. The number of aliphatic imine (C=N–C) groups is 1. The number of hydrogen-bond donors (Lipinski definition) is 2. The largest absolute Gasteiger partial charge is 0.357 e. The molecule has 0 saturated heterocycles. The molecule has 0 spiro atoms. The van der Waals surface area contributed by atoms with E-state index in [2.05, 4.69) is 41.8 Å². The highest BCUT2D eigenvalue weighted by atomic mass is 16.1. The molecule has 0 bridgehead atoms. The number of aryl methyl sites for hydroxylation is 1. The van der Waals surface area contributed by atoms with E-state index in [1.807, 2.05) is 55.5 Å². The van der Waals surface area contributed by atoms with Crippen molar-refractivity contribution in [2.75, 3.05) is 24.5 Å². The van der Waals surface area contributed by atoms with Crippen molar-refractivity contribution in [1.82, 2.24) is 15.3 Å². The zero-order chi connectivity index (χ0) is 29.5. The molecule has 3 N–H and O–H groups in total. The van der Waals surface area contributed by atoms with Crippen LogP contribution in [0.5, 0.6) is 0 Å². The second-order valence-electron chi connectivity index (χ2n) is 10.6. The van der Waals surface area contributed by atoms with Gasteiger partial charge in [-0.25, -0.2) is 9.97 Å². The van der Waals surface area contributed by atoms with Crippen molar-refractivity contribution in [1.29, 1.82) is 0 Å². The molecule has 0 aliphatic rings. The molecule has 0 fully saturated rings. The van der Waals surface area contributed by atoms with E-state index in [0.29, 0.717) is 5.56 Å². The fourth-order valence-corrected chi connectivity index (χ4v) is 4.87. The van der Waals surface area contributed by atoms with Gasteiger partial charge >= 0.3 is 0 Å². The molecule has 41 heavy (non-hydrogen) atoms. The monoisotopic (exact) mass is 556 g/mol. The molecule has 7 nitrogen and oxygen atoms in total. The molecule has 3 rings (SSSR count). The van der Waals surface area contributed by atoms with Crippen LogP contribution in [0, 0.1) is 0 Å². The maximum atomic E-state index is 13.2. The van der Waals surface area contributed by atoms with Crippen LogP contribution in [0.2, 0.25) is 0 Å². The van der Waals surface area contributed by atoms with Crippen LogP contribution >= 0.6 is 0 Å². The molecule has 1 aromatic heterocycles. The Kier molecular flexibility index (Phi) is 13.5. The van der Waals surface area contributed by atoms with Crippen LogP contribution in [0.1, 0.15) is 100 Å². The van der Waals surface area contributed by atoms with Crippen molar-refractivity contribution >= 4 is 24.1 Å². The van der Waals surface area contributed by atoms with Crippen LogP contribution in [0.4, 0.5) is 11.5 Å². The second-order valence-corrected chi connectivity index (χ2v) is 10.6. The molecule has 220 valence electrons. The van der Waals surface area contributed by atoms with Crippen molar-refractivity contribution in [3.8, 4) is 11.1 Å². The van der Waals surface area contributed by atoms with E-state index in [1.54, 1.807) is 0 Å². The minimum absolute atomic E-state index is 0.120. The zero-order valence-electron chi connectivity index (χ0n) is 25.2. The van der Waals surface area contributed by atoms with E-state index in [4.69, 9.17) is 15.7 Å². The first-order valence-electron chi connectivity index (χ1n) is 15.3. The minimum atomic E-state index is -0.252. The van der Waals surface area contributed by atoms with Gasteiger partial charge in [-0.2, -0.15) is 0 Å². The molecule has 7 heteroatoms. The van der Waals surface area contributed by atoms with Crippen molar-refractivity contribution < 1.29 is 4.79 Å². The van der Waals surface area contributed by atoms with Crippen LogP contribution in [0.15, 0.2) is 59.6 Å². The summed E-state index contributed by atoms with van der Waals surface area (Å²) < 4.78 is 0. The number of nitrogens with two attached hydrogens (primary N) is 1. The highest BCUT2D eigenvalue weighted by Crippen LogP contribution is 2.24. The van der Waals surface area contributed by atoms with Gasteiger partial charge in [0, 0.05) is 31.1 Å². The molecule has 2 aromatic carbocycles. The first kappa shape index (κ1) is 31.9. The summed E-state index contributed by atoms with van der Waals surface area (Å²) in [6.45, 7) is 12.6. The Labute approximate surface area is 246 Å². The third kappa shape index (κ3) is 10.1. The standard InChI is InChI=1S/C34H48N6O/c1-5-7-8-13-24-40(6-2)33-25-31(38-32(39-33)14-11-9-10-12-23-35)26(3)37-34(41)29-17-15-27(16-18-29)28-19-21-30(36-4)22-20-28/h15-22,25-26H,4-14,23-24,35H2,1-3H3,(H,37,41). The Morgan fingerprint density at radius 2 is 1.59 bits per heavy atom. The number of unbranched alkanes of at least 4 members (excludes halogenated alkanes) is 6. The van der Waals surface area contributed by atoms with Crippen LogP contribution in [0.3, 0.4) is 0 Å². The van der Waals surface area contributed by atoms with Crippen molar-refractivity contribution in [3.05, 3.63) is 71.7 Å². The molecule has 0 radical (unpaired) electrons. The summed E-state index contributed by atoms with van der Waals surface area (Å²) >= 11 is 0. The highest BCUT2D eigenvalue weighted by Gasteiger charge is 2.17. The van der Waals surface area contributed by atoms with Gasteiger partial charge in [0.05, 0.1) is 17.4 Å². The molecule has 0 aliphatic heterocycles. The molecule has 3 aromatic rings. The van der Waals surface area contributed by atoms with Gasteiger partial charge in [0.2, 0.25) is 0 Å². The predicted octanol–water partition coefficient (Wildman–Crippen LogP) is 7.43. The van der Waals surface area contributed by atoms with Gasteiger partial charge in [-0.05, 0) is 81.8 Å². The van der Waals surface area contributed by atoms with Gasteiger partial charge in [-0.1, -0.05) is 63.3 Å². The molecule has 1 amide bonds. The Bertz CT molecular complexity index is 1210. The third-order valence-corrected chi connectivity index (χ3v) is 7.44. The van der Waals surface area contributed by atoms with E-state index in [9.17, 15) is 4.79 Å². The highest BCUT2D eigenvalue weighted by molar-refractivity contribution is 5.95. The van der Waals surface area contributed by atoms with Crippen molar-refractivity contribution in [2.24, 2.45) is 10.7 Å². The number of anilines is 1. The maximum Gasteiger partial charge on any atom is 0.251 e. The molecule has 1 unspecified atom stereocenters. The van der Waals surface area contributed by atoms with Crippen molar-refractivity contribution in [2.45, 2.75) is 84.6 Å². The number of benzene rings is 2. The Morgan fingerprint density at radius 1 is 0.927 bits per heavy atom. The lowest BCUT2D eigenvalue weighted by Gasteiger charge is -2.24. The van der Waals surface area contributed by atoms with Gasteiger partial charge in [0.15, 0.2) is 0 Å². The lowest BCUT2D eigenvalue weighted by molar-refractivity contribution is 0.0939. The smallest absolute Gasteiger partial charge is 0.251 e. The van der Waals surface area contributed by atoms with E-state index in [-0.39, 0.29) is 11.9 Å². The average Bonchev–Trinajstić information content (AvgIpc) is 3.01. The summed E-state index contributed by atoms with van der Waals surface area (Å²) in [6.07, 6.45) is 10.0. The van der Waals surface area contributed by atoms with E-state index in [0.717, 1.165) is 92.3 Å². The summed E-state index contributed by atoms with van der Waals surface area (Å²) in [6, 6.07) is 17.3. The van der Waals surface area contributed by atoms with E-state index in [1.165, 1.54) is 19.3 Å². The van der Waals surface area contributed by atoms with Crippen LogP contribution in [-0.4, -0.2) is 42.2 Å². The SMILES string of the molecule is C=Nc1ccc(-c2ccc(C(=O)NC(C)c3cc(N(CC)CCCCCC)nc(CCCCCCN)n3)cc2)cc1. The minimum Gasteiger partial charge on any atom is -0.357 e. The second kappa shape index (κ2) is 17.3. The fraction of sp³-hybridized carbons (Fsp3) is 0.471. The normalized spacial score (nSPS) is 11.7. The van der Waals surface area contributed by atoms with E-state index < -0.39 is 0 Å². The maximum absolute atomic E-state index is 13.2. The topological polar surface area (TPSA) is 96.5 Å². The predicted molar refractivity (Wildman–Crippen MR) is 172 cm³/mol. The number of nitrogens with one attached hydrogen (secondary N) is 1. The Hall–Kier alpha value is -3.58. The van der Waals surface area contributed by atoms with Gasteiger partial charge < -0.3 is 16.0 Å². The number of amides is 1. The average molecular weight is 557 g/mol. The number of carbonyl (C=O) groups is 1. The first-order chi connectivity index (χ1) is 20.0. The summed E-state index contributed by atoms with van der Waals surface area (Å²) in [7, 11) is 0. The molecule has 0 saturated carbocycles. The summed E-state index contributed by atoms with van der Waals surface area (Å²) in [5.41, 5.74) is 10.1. The summed E-state index contributed by atoms with van der Waals surface area (Å²) in [5.74, 6) is 1.68. The third-order valence-electron chi connectivity index (χ3n) is 7.44. The van der Waals surface area contributed by atoms with Gasteiger partial charge in [0.25, 0.3) is 5.91 Å².